The van der Waals surface area contributed by atoms with Crippen LogP contribution < -0.4 is 0 Å². The maximum Gasteiger partial charge on any atom is 0.306 e. The highest BCUT2D eigenvalue weighted by Crippen LogP contribution is 2.10. The molecule has 0 saturated heterocycles. The fourth-order valence-corrected chi connectivity index (χ4v) is 1.71. The summed E-state index contributed by atoms with van der Waals surface area (Å²) in [5.74, 6) is 0.820. The predicted octanol–water partition coefficient (Wildman–Crippen LogP) is 1.21. The van der Waals surface area contributed by atoms with E-state index in [2.05, 4.69) is 0 Å². The Morgan fingerprint density at radius 1 is 1.50 bits per heavy atom. The van der Waals surface area contributed by atoms with Crippen molar-refractivity contribution >= 4 is 17.7 Å². The molecule has 0 spiro atoms. The molecule has 1 unspecified atom stereocenters. The summed E-state index contributed by atoms with van der Waals surface area (Å²) in [6.07, 6.45) is 1.51. The monoisotopic (exact) mass is 192 g/mol. The lowest BCUT2D eigenvalue weighted by molar-refractivity contribution is -0.141. The largest absolute Gasteiger partial charge is 0.481 e. The van der Waals surface area contributed by atoms with E-state index in [1.807, 2.05) is 0 Å². The van der Waals surface area contributed by atoms with E-state index in [9.17, 15) is 4.79 Å². The van der Waals surface area contributed by atoms with Crippen molar-refractivity contribution in [2.45, 2.75) is 19.8 Å². The van der Waals surface area contributed by atoms with Gasteiger partial charge in [-0.15, -0.1) is 0 Å². The summed E-state index contributed by atoms with van der Waals surface area (Å²) in [5, 5.41) is 17.0. The maximum absolute atomic E-state index is 10.4. The van der Waals surface area contributed by atoms with Crippen molar-refractivity contribution in [2.24, 2.45) is 5.92 Å². The number of carboxylic acid groups (broad SMARTS) is 1. The lowest BCUT2D eigenvalue weighted by Gasteiger charge is -2.04. The molecule has 1 atom stereocenters. The molecule has 3 nitrogen and oxygen atoms in total. The standard InChI is InChI=1S/C8H16O3S/c1-7(8(10)11)3-6-12-5-2-4-9/h7,9H,2-6H2,1H3,(H,10,11). The van der Waals surface area contributed by atoms with Crippen LogP contribution in [-0.4, -0.2) is 34.3 Å². The molecular formula is C8H16O3S. The maximum atomic E-state index is 10.4. The summed E-state index contributed by atoms with van der Waals surface area (Å²) >= 11 is 1.70. The third-order valence-corrected chi connectivity index (χ3v) is 2.67. The predicted molar refractivity (Wildman–Crippen MR) is 50.4 cm³/mol. The Kier molecular flexibility index (Phi) is 7.29. The summed E-state index contributed by atoms with van der Waals surface area (Å²) in [4.78, 5) is 10.4. The molecule has 0 aromatic heterocycles. The zero-order valence-electron chi connectivity index (χ0n) is 7.32. The van der Waals surface area contributed by atoms with Gasteiger partial charge >= 0.3 is 5.97 Å². The first kappa shape index (κ1) is 11.8. The zero-order chi connectivity index (χ0) is 9.40. The first-order valence-corrected chi connectivity index (χ1v) is 5.25. The topological polar surface area (TPSA) is 57.5 Å². The molecule has 0 aromatic carbocycles. The third-order valence-electron chi connectivity index (χ3n) is 1.56. The van der Waals surface area contributed by atoms with Crippen molar-refractivity contribution in [3.05, 3.63) is 0 Å². The Bertz CT molecular complexity index is 127. The minimum atomic E-state index is -0.724. The molecule has 0 amide bonds. The first-order valence-electron chi connectivity index (χ1n) is 4.10. The van der Waals surface area contributed by atoms with Crippen molar-refractivity contribution in [3.63, 3.8) is 0 Å². The van der Waals surface area contributed by atoms with Crippen molar-refractivity contribution in [2.75, 3.05) is 18.1 Å². The van der Waals surface area contributed by atoms with Crippen LogP contribution in [0, 0.1) is 5.92 Å². The molecule has 12 heavy (non-hydrogen) atoms. The van der Waals surface area contributed by atoms with Gasteiger partial charge in [-0.3, -0.25) is 4.79 Å². The van der Waals surface area contributed by atoms with Crippen LogP contribution in [0.4, 0.5) is 0 Å². The molecule has 0 aromatic rings. The SMILES string of the molecule is CC(CCSCCCO)C(=O)O. The molecule has 0 bridgehead atoms. The van der Waals surface area contributed by atoms with Gasteiger partial charge in [-0.2, -0.15) is 11.8 Å². The number of aliphatic hydroxyl groups is 1. The van der Waals surface area contributed by atoms with Crippen LogP contribution in [-0.2, 0) is 4.79 Å². The highest BCUT2D eigenvalue weighted by atomic mass is 32.2. The van der Waals surface area contributed by atoms with Crippen LogP contribution in [0.25, 0.3) is 0 Å². The van der Waals surface area contributed by atoms with Gasteiger partial charge in [0.2, 0.25) is 0 Å². The molecule has 2 N–H and O–H groups in total. The van der Waals surface area contributed by atoms with E-state index in [-0.39, 0.29) is 12.5 Å². The van der Waals surface area contributed by atoms with Crippen LogP contribution in [0.15, 0.2) is 0 Å². The van der Waals surface area contributed by atoms with Crippen LogP contribution in [0.5, 0.6) is 0 Å². The van der Waals surface area contributed by atoms with Crippen molar-refractivity contribution in [3.8, 4) is 0 Å². The lowest BCUT2D eigenvalue weighted by Crippen LogP contribution is -2.10. The number of carbonyl (C=O) groups is 1. The van der Waals surface area contributed by atoms with Gasteiger partial charge in [-0.1, -0.05) is 6.92 Å². The van der Waals surface area contributed by atoms with Gasteiger partial charge in [0, 0.05) is 6.61 Å². The van der Waals surface area contributed by atoms with E-state index in [0.29, 0.717) is 6.42 Å². The van der Waals surface area contributed by atoms with Gasteiger partial charge in [-0.05, 0) is 24.3 Å². The minimum Gasteiger partial charge on any atom is -0.481 e. The number of aliphatic carboxylic acids is 1. The quantitative estimate of drug-likeness (QED) is 0.595. The van der Waals surface area contributed by atoms with E-state index in [0.717, 1.165) is 17.9 Å². The number of rotatable bonds is 7. The summed E-state index contributed by atoms with van der Waals surface area (Å²) in [6, 6.07) is 0. The number of hydrogen-bond donors (Lipinski definition) is 2. The van der Waals surface area contributed by atoms with Gasteiger partial charge in [0.05, 0.1) is 5.92 Å². The first-order chi connectivity index (χ1) is 5.68. The lowest BCUT2D eigenvalue weighted by atomic mass is 10.1. The summed E-state index contributed by atoms with van der Waals surface area (Å²) in [5.41, 5.74) is 0. The molecule has 72 valence electrons. The Labute approximate surface area is 77.2 Å². The highest BCUT2D eigenvalue weighted by molar-refractivity contribution is 7.99. The van der Waals surface area contributed by atoms with E-state index in [4.69, 9.17) is 10.2 Å². The van der Waals surface area contributed by atoms with E-state index < -0.39 is 5.97 Å². The van der Waals surface area contributed by atoms with Crippen molar-refractivity contribution in [1.82, 2.24) is 0 Å². The van der Waals surface area contributed by atoms with Crippen LogP contribution in [0.2, 0.25) is 0 Å². The molecule has 0 aliphatic heterocycles. The summed E-state index contributed by atoms with van der Waals surface area (Å²) < 4.78 is 0. The summed E-state index contributed by atoms with van der Waals surface area (Å²) in [6.45, 7) is 1.94. The Morgan fingerprint density at radius 3 is 2.67 bits per heavy atom. The molecular weight excluding hydrogens is 176 g/mol. The minimum absolute atomic E-state index is 0.224. The van der Waals surface area contributed by atoms with Crippen LogP contribution in [0.1, 0.15) is 19.8 Å². The third kappa shape index (κ3) is 6.49. The normalized spacial score (nSPS) is 12.8. The molecule has 0 radical (unpaired) electrons. The Balaban J connectivity index is 3.14. The highest BCUT2D eigenvalue weighted by Gasteiger charge is 2.09. The summed E-state index contributed by atoms with van der Waals surface area (Å²) in [7, 11) is 0. The smallest absolute Gasteiger partial charge is 0.306 e. The van der Waals surface area contributed by atoms with Gasteiger partial charge in [-0.25, -0.2) is 0 Å². The average molecular weight is 192 g/mol. The molecule has 4 heteroatoms. The van der Waals surface area contributed by atoms with Gasteiger partial charge in [0.1, 0.15) is 0 Å². The fourth-order valence-electron chi connectivity index (χ4n) is 0.652. The number of hydrogen-bond acceptors (Lipinski definition) is 3. The van der Waals surface area contributed by atoms with Crippen molar-refractivity contribution < 1.29 is 15.0 Å². The second-order valence-corrected chi connectivity index (χ2v) is 3.94. The molecule has 0 heterocycles. The van der Waals surface area contributed by atoms with Crippen LogP contribution >= 0.6 is 11.8 Å². The molecule has 0 aliphatic carbocycles. The number of aliphatic hydroxyl groups excluding tert-OH is 1. The number of thioether (sulfide) groups is 1. The van der Waals surface area contributed by atoms with E-state index in [1.165, 1.54) is 0 Å². The Hall–Kier alpha value is -0.220. The van der Waals surface area contributed by atoms with E-state index >= 15 is 0 Å². The second kappa shape index (κ2) is 7.43. The zero-order valence-corrected chi connectivity index (χ0v) is 8.14. The molecule has 0 saturated carbocycles. The van der Waals surface area contributed by atoms with E-state index in [1.54, 1.807) is 18.7 Å². The Morgan fingerprint density at radius 2 is 2.17 bits per heavy atom. The molecule has 0 aliphatic rings. The molecule has 0 rings (SSSR count). The molecule has 0 fully saturated rings. The second-order valence-electron chi connectivity index (χ2n) is 2.72. The van der Waals surface area contributed by atoms with Gasteiger partial charge in [0.25, 0.3) is 0 Å². The van der Waals surface area contributed by atoms with Crippen molar-refractivity contribution in [1.29, 1.82) is 0 Å². The average Bonchev–Trinajstić information content (AvgIpc) is 2.03. The van der Waals surface area contributed by atoms with Gasteiger partial charge in [0.15, 0.2) is 0 Å². The fraction of sp³-hybridized carbons (Fsp3) is 0.875. The number of carboxylic acids is 1. The van der Waals surface area contributed by atoms with Crippen LogP contribution in [0.3, 0.4) is 0 Å². The van der Waals surface area contributed by atoms with Gasteiger partial charge < -0.3 is 10.2 Å².